The summed E-state index contributed by atoms with van der Waals surface area (Å²) >= 11 is 0. The van der Waals surface area contributed by atoms with E-state index in [0.29, 0.717) is 18.9 Å². The molecule has 1 N–H and O–H groups in total. The van der Waals surface area contributed by atoms with Crippen molar-refractivity contribution in [2.45, 2.75) is 20.8 Å². The normalized spacial score (nSPS) is 9.75. The molecular formula is C13H18FNO. The van der Waals surface area contributed by atoms with Crippen molar-refractivity contribution < 1.29 is 9.13 Å². The van der Waals surface area contributed by atoms with Crippen LogP contribution in [0.5, 0.6) is 5.75 Å². The van der Waals surface area contributed by atoms with Gasteiger partial charge >= 0.3 is 0 Å². The van der Waals surface area contributed by atoms with Gasteiger partial charge in [-0.25, -0.2) is 4.39 Å². The Morgan fingerprint density at radius 1 is 1.44 bits per heavy atom. The van der Waals surface area contributed by atoms with Crippen molar-refractivity contribution in [1.82, 2.24) is 0 Å². The van der Waals surface area contributed by atoms with Gasteiger partial charge in [-0.3, -0.25) is 0 Å². The first-order valence-electron chi connectivity index (χ1n) is 5.43. The first kappa shape index (κ1) is 12.6. The highest BCUT2D eigenvalue weighted by Gasteiger charge is 2.03. The molecule has 0 saturated carbocycles. The molecule has 0 bridgehead atoms. The lowest BCUT2D eigenvalue weighted by molar-refractivity contribution is 0.321. The molecule has 0 aliphatic heterocycles. The number of nitrogens with one attached hydrogen (secondary N) is 1. The second kappa shape index (κ2) is 6.16. The van der Waals surface area contributed by atoms with E-state index in [0.717, 1.165) is 5.69 Å². The van der Waals surface area contributed by atoms with E-state index in [1.807, 2.05) is 32.9 Å². The first-order chi connectivity index (χ1) is 7.63. The summed E-state index contributed by atoms with van der Waals surface area (Å²) in [6, 6.07) is 4.90. The van der Waals surface area contributed by atoms with E-state index in [2.05, 4.69) is 5.32 Å². The molecule has 0 aromatic heterocycles. The van der Waals surface area contributed by atoms with Crippen LogP contribution in [0.3, 0.4) is 0 Å². The molecule has 0 aliphatic rings. The van der Waals surface area contributed by atoms with E-state index >= 15 is 0 Å². The molecular weight excluding hydrogens is 205 g/mol. The van der Waals surface area contributed by atoms with Crippen LogP contribution in [-0.4, -0.2) is 13.2 Å². The van der Waals surface area contributed by atoms with Gasteiger partial charge in [-0.2, -0.15) is 0 Å². The number of halogens is 1. The van der Waals surface area contributed by atoms with Crippen LogP contribution in [0.4, 0.5) is 10.1 Å². The second-order valence-corrected chi connectivity index (χ2v) is 3.74. The Balaban J connectivity index is 2.62. The summed E-state index contributed by atoms with van der Waals surface area (Å²) < 4.78 is 18.6. The predicted molar refractivity (Wildman–Crippen MR) is 65.5 cm³/mol. The van der Waals surface area contributed by atoms with Gasteiger partial charge in [0, 0.05) is 18.3 Å². The number of benzene rings is 1. The summed E-state index contributed by atoms with van der Waals surface area (Å²) in [5.41, 5.74) is 2.00. The van der Waals surface area contributed by atoms with Gasteiger partial charge < -0.3 is 10.1 Å². The summed E-state index contributed by atoms with van der Waals surface area (Å²) in [5, 5.41) is 3.11. The molecule has 0 fully saturated rings. The fraction of sp³-hybridized carbons (Fsp3) is 0.385. The van der Waals surface area contributed by atoms with Crippen LogP contribution in [0.2, 0.25) is 0 Å². The van der Waals surface area contributed by atoms with Gasteiger partial charge in [0.05, 0.1) is 6.61 Å². The molecule has 1 aromatic carbocycles. The highest BCUT2D eigenvalue weighted by Crippen LogP contribution is 2.20. The molecule has 1 aromatic rings. The average Bonchev–Trinajstić information content (AvgIpc) is 2.21. The third kappa shape index (κ3) is 3.93. The summed E-state index contributed by atoms with van der Waals surface area (Å²) in [5.74, 6) is -0.0284. The number of hydrogen-bond donors (Lipinski definition) is 1. The Hall–Kier alpha value is -1.51. The fourth-order valence-corrected chi connectivity index (χ4v) is 1.26. The van der Waals surface area contributed by atoms with Gasteiger partial charge in [0.25, 0.3) is 0 Å². The standard InChI is InChI=1S/C13H18FNO/c1-4-16-13-6-5-11(9-12(13)14)15-8-7-10(2)3/h5-7,9,15H,4,8H2,1-3H3. The van der Waals surface area contributed by atoms with Gasteiger partial charge in [0.1, 0.15) is 0 Å². The van der Waals surface area contributed by atoms with E-state index in [1.54, 1.807) is 6.07 Å². The minimum absolute atomic E-state index is 0.301. The van der Waals surface area contributed by atoms with Crippen molar-refractivity contribution in [3.8, 4) is 5.75 Å². The Labute approximate surface area is 96.1 Å². The lowest BCUT2D eigenvalue weighted by Crippen LogP contribution is -2.00. The van der Waals surface area contributed by atoms with E-state index in [9.17, 15) is 4.39 Å². The third-order valence-corrected chi connectivity index (χ3v) is 2.05. The molecule has 0 aliphatic carbocycles. The number of hydrogen-bond acceptors (Lipinski definition) is 2. The molecule has 0 atom stereocenters. The van der Waals surface area contributed by atoms with Crippen molar-refractivity contribution in [1.29, 1.82) is 0 Å². The van der Waals surface area contributed by atoms with Crippen LogP contribution in [0.15, 0.2) is 29.8 Å². The highest BCUT2D eigenvalue weighted by molar-refractivity contribution is 5.47. The third-order valence-electron chi connectivity index (χ3n) is 2.05. The Morgan fingerprint density at radius 3 is 2.75 bits per heavy atom. The molecule has 2 nitrogen and oxygen atoms in total. The van der Waals surface area contributed by atoms with Gasteiger partial charge in [0.2, 0.25) is 0 Å². The van der Waals surface area contributed by atoms with Crippen LogP contribution in [0.25, 0.3) is 0 Å². The zero-order chi connectivity index (χ0) is 12.0. The second-order valence-electron chi connectivity index (χ2n) is 3.74. The van der Waals surface area contributed by atoms with Crippen molar-refractivity contribution >= 4 is 5.69 Å². The van der Waals surface area contributed by atoms with Gasteiger partial charge in [0.15, 0.2) is 11.6 Å². The van der Waals surface area contributed by atoms with Crippen LogP contribution in [-0.2, 0) is 0 Å². The Bertz CT molecular complexity index is 370. The number of anilines is 1. The molecule has 1 rings (SSSR count). The minimum atomic E-state index is -0.330. The van der Waals surface area contributed by atoms with Gasteiger partial charge in [-0.15, -0.1) is 0 Å². The van der Waals surface area contributed by atoms with Crippen molar-refractivity contribution in [3.63, 3.8) is 0 Å². The molecule has 0 radical (unpaired) electrons. The average molecular weight is 223 g/mol. The number of ether oxygens (including phenoxy) is 1. The minimum Gasteiger partial charge on any atom is -0.491 e. The molecule has 0 heterocycles. The van der Waals surface area contributed by atoms with E-state index in [1.165, 1.54) is 11.6 Å². The Morgan fingerprint density at radius 2 is 2.19 bits per heavy atom. The summed E-state index contributed by atoms with van der Waals surface area (Å²) in [6.45, 7) is 7.07. The SMILES string of the molecule is CCOc1ccc(NCC=C(C)C)cc1F. The zero-order valence-corrected chi connectivity index (χ0v) is 10.0. The van der Waals surface area contributed by atoms with Crippen molar-refractivity contribution in [2.24, 2.45) is 0 Å². The van der Waals surface area contributed by atoms with Crippen LogP contribution < -0.4 is 10.1 Å². The van der Waals surface area contributed by atoms with Crippen molar-refractivity contribution in [2.75, 3.05) is 18.5 Å². The molecule has 0 unspecified atom stereocenters. The number of allylic oxidation sites excluding steroid dienone is 1. The number of rotatable bonds is 5. The maximum atomic E-state index is 13.4. The fourth-order valence-electron chi connectivity index (χ4n) is 1.26. The van der Waals surface area contributed by atoms with E-state index in [4.69, 9.17) is 4.74 Å². The van der Waals surface area contributed by atoms with E-state index < -0.39 is 0 Å². The maximum Gasteiger partial charge on any atom is 0.167 e. The topological polar surface area (TPSA) is 21.3 Å². The molecule has 3 heteroatoms. The molecule has 0 spiro atoms. The summed E-state index contributed by atoms with van der Waals surface area (Å²) in [4.78, 5) is 0. The first-order valence-corrected chi connectivity index (χ1v) is 5.43. The predicted octanol–water partition coefficient (Wildman–Crippen LogP) is 3.60. The smallest absolute Gasteiger partial charge is 0.167 e. The summed E-state index contributed by atoms with van der Waals surface area (Å²) in [7, 11) is 0. The lowest BCUT2D eigenvalue weighted by atomic mass is 10.2. The van der Waals surface area contributed by atoms with Gasteiger partial charge in [-0.05, 0) is 32.9 Å². The quantitative estimate of drug-likeness (QED) is 0.770. The monoisotopic (exact) mass is 223 g/mol. The van der Waals surface area contributed by atoms with Crippen LogP contribution >= 0.6 is 0 Å². The molecule has 88 valence electrons. The Kier molecular flexibility index (Phi) is 4.83. The van der Waals surface area contributed by atoms with Crippen LogP contribution in [0.1, 0.15) is 20.8 Å². The van der Waals surface area contributed by atoms with Crippen molar-refractivity contribution in [3.05, 3.63) is 35.7 Å². The zero-order valence-electron chi connectivity index (χ0n) is 10.0. The molecule has 0 amide bonds. The highest BCUT2D eigenvalue weighted by atomic mass is 19.1. The summed E-state index contributed by atoms with van der Waals surface area (Å²) in [6.07, 6.45) is 2.05. The molecule has 0 saturated heterocycles. The maximum absolute atomic E-state index is 13.4. The van der Waals surface area contributed by atoms with Gasteiger partial charge in [-0.1, -0.05) is 11.6 Å². The molecule has 16 heavy (non-hydrogen) atoms. The van der Waals surface area contributed by atoms with E-state index in [-0.39, 0.29) is 5.82 Å². The lowest BCUT2D eigenvalue weighted by Gasteiger charge is -2.07. The largest absolute Gasteiger partial charge is 0.491 e. The van der Waals surface area contributed by atoms with Crippen LogP contribution in [0, 0.1) is 5.82 Å².